The van der Waals surface area contributed by atoms with Gasteiger partial charge in [-0.25, -0.2) is 12.7 Å². The summed E-state index contributed by atoms with van der Waals surface area (Å²) in [6.45, 7) is 7.55. The molecule has 0 heterocycles. The van der Waals surface area contributed by atoms with Gasteiger partial charge in [-0.15, -0.1) is 0 Å². The summed E-state index contributed by atoms with van der Waals surface area (Å²) in [4.78, 5) is 0. The Kier molecular flexibility index (Phi) is 6.48. The van der Waals surface area contributed by atoms with Crippen molar-refractivity contribution >= 4 is 10.0 Å². The van der Waals surface area contributed by atoms with Crippen LogP contribution in [0.1, 0.15) is 52.9 Å². The molecule has 2 atom stereocenters. The molecule has 0 aromatic rings. The molecule has 0 radical (unpaired) electrons. The fourth-order valence-corrected chi connectivity index (χ4v) is 3.69. The number of hydrogen-bond donors (Lipinski definition) is 1. The van der Waals surface area contributed by atoms with E-state index in [1.54, 1.807) is 14.1 Å². The molecule has 0 aromatic carbocycles. The van der Waals surface area contributed by atoms with Gasteiger partial charge in [-0.1, -0.05) is 27.2 Å². The van der Waals surface area contributed by atoms with Crippen molar-refractivity contribution in [2.45, 2.75) is 58.9 Å². The molecular weight excluding hydrogens is 272 g/mol. The summed E-state index contributed by atoms with van der Waals surface area (Å²) in [6, 6.07) is 0.486. The van der Waals surface area contributed by atoms with Crippen molar-refractivity contribution in [1.29, 1.82) is 0 Å². The minimum absolute atomic E-state index is 0.194. The van der Waals surface area contributed by atoms with Crippen LogP contribution in [0.4, 0.5) is 0 Å². The quantitative estimate of drug-likeness (QED) is 0.794. The molecule has 1 fully saturated rings. The first kappa shape index (κ1) is 17.9. The highest BCUT2D eigenvalue weighted by atomic mass is 32.2. The third-order valence-electron chi connectivity index (χ3n) is 4.54. The molecule has 20 heavy (non-hydrogen) atoms. The van der Waals surface area contributed by atoms with Crippen molar-refractivity contribution in [2.24, 2.45) is 11.3 Å². The predicted octanol–water partition coefficient (Wildman–Crippen LogP) is 2.46. The van der Waals surface area contributed by atoms with Gasteiger partial charge in [0.1, 0.15) is 0 Å². The minimum atomic E-state index is -3.07. The Morgan fingerprint density at radius 1 is 1.10 bits per heavy atom. The SMILES string of the molecule is CN(C)S(=O)(=O)CCNC1CCCC(C(C)(C)C)CC1. The van der Waals surface area contributed by atoms with Gasteiger partial charge in [-0.05, 0) is 37.0 Å². The number of sulfonamides is 1. The van der Waals surface area contributed by atoms with E-state index < -0.39 is 10.0 Å². The second-order valence-electron chi connectivity index (χ2n) is 7.32. The second kappa shape index (κ2) is 7.23. The molecule has 1 rings (SSSR count). The zero-order valence-electron chi connectivity index (χ0n) is 13.8. The van der Waals surface area contributed by atoms with Crippen LogP contribution in [0.3, 0.4) is 0 Å². The lowest BCUT2D eigenvalue weighted by Gasteiger charge is -2.29. The van der Waals surface area contributed by atoms with E-state index in [0.717, 1.165) is 5.92 Å². The van der Waals surface area contributed by atoms with Crippen LogP contribution >= 0.6 is 0 Å². The Hall–Kier alpha value is -0.130. The van der Waals surface area contributed by atoms with Crippen molar-refractivity contribution in [2.75, 3.05) is 26.4 Å². The van der Waals surface area contributed by atoms with Gasteiger partial charge < -0.3 is 5.32 Å². The average Bonchev–Trinajstić information content (AvgIpc) is 2.53. The van der Waals surface area contributed by atoms with Gasteiger partial charge >= 0.3 is 0 Å². The van der Waals surface area contributed by atoms with Crippen molar-refractivity contribution in [3.63, 3.8) is 0 Å². The first-order valence-corrected chi connectivity index (χ1v) is 9.37. The van der Waals surface area contributed by atoms with Crippen LogP contribution < -0.4 is 5.32 Å². The highest BCUT2D eigenvalue weighted by Gasteiger charge is 2.27. The Balaban J connectivity index is 2.37. The third kappa shape index (κ3) is 5.70. The summed E-state index contributed by atoms with van der Waals surface area (Å²) in [5, 5.41) is 3.44. The number of hydrogen-bond acceptors (Lipinski definition) is 3. The summed E-state index contributed by atoms with van der Waals surface area (Å²) in [6.07, 6.45) is 6.15. The first-order valence-electron chi connectivity index (χ1n) is 7.76. The molecule has 0 aliphatic heterocycles. The molecule has 120 valence electrons. The summed E-state index contributed by atoms with van der Waals surface area (Å²) in [5.41, 5.74) is 0.392. The lowest BCUT2D eigenvalue weighted by molar-refractivity contribution is 0.213. The van der Waals surface area contributed by atoms with Crippen LogP contribution in [0.2, 0.25) is 0 Å². The molecule has 1 N–H and O–H groups in total. The smallest absolute Gasteiger partial charge is 0.214 e. The molecule has 0 amide bonds. The van der Waals surface area contributed by atoms with E-state index in [1.165, 1.54) is 36.4 Å². The fourth-order valence-electron chi connectivity index (χ4n) is 2.95. The van der Waals surface area contributed by atoms with E-state index in [2.05, 4.69) is 26.1 Å². The number of nitrogens with zero attached hydrogens (tertiary/aromatic N) is 1. The van der Waals surface area contributed by atoms with Crippen LogP contribution in [-0.2, 0) is 10.0 Å². The molecule has 2 unspecified atom stereocenters. The van der Waals surface area contributed by atoms with Gasteiger partial charge in [0.05, 0.1) is 5.75 Å². The molecule has 1 aliphatic rings. The standard InChI is InChI=1S/C15H32N2O2S/c1-15(2,3)13-7-6-8-14(10-9-13)16-11-12-20(18,19)17(4)5/h13-14,16H,6-12H2,1-5H3. The van der Waals surface area contributed by atoms with Crippen LogP contribution in [0.5, 0.6) is 0 Å². The van der Waals surface area contributed by atoms with Gasteiger partial charge in [0.25, 0.3) is 0 Å². The molecular formula is C15H32N2O2S. The molecule has 0 saturated heterocycles. The van der Waals surface area contributed by atoms with Crippen molar-refractivity contribution < 1.29 is 8.42 Å². The van der Waals surface area contributed by atoms with Crippen molar-refractivity contribution in [1.82, 2.24) is 9.62 Å². The van der Waals surface area contributed by atoms with Crippen molar-refractivity contribution in [3.8, 4) is 0 Å². The maximum Gasteiger partial charge on any atom is 0.214 e. The topological polar surface area (TPSA) is 49.4 Å². The summed E-state index contributed by atoms with van der Waals surface area (Å²) in [7, 11) is 0.113. The van der Waals surface area contributed by atoms with Crippen LogP contribution in [-0.4, -0.2) is 45.2 Å². The second-order valence-corrected chi connectivity index (χ2v) is 9.62. The maximum atomic E-state index is 11.7. The third-order valence-corrected chi connectivity index (χ3v) is 6.38. The Bertz CT molecular complexity index is 385. The zero-order valence-corrected chi connectivity index (χ0v) is 14.6. The van der Waals surface area contributed by atoms with Gasteiger partial charge in [0.2, 0.25) is 10.0 Å². The van der Waals surface area contributed by atoms with Crippen LogP contribution in [0.15, 0.2) is 0 Å². The highest BCUT2D eigenvalue weighted by molar-refractivity contribution is 7.89. The molecule has 0 bridgehead atoms. The highest BCUT2D eigenvalue weighted by Crippen LogP contribution is 2.36. The van der Waals surface area contributed by atoms with E-state index in [9.17, 15) is 8.42 Å². The van der Waals surface area contributed by atoms with E-state index in [-0.39, 0.29) is 5.75 Å². The summed E-state index contributed by atoms with van der Waals surface area (Å²) in [5.74, 6) is 0.985. The van der Waals surface area contributed by atoms with Crippen LogP contribution in [0.25, 0.3) is 0 Å². The molecule has 5 heteroatoms. The monoisotopic (exact) mass is 304 g/mol. The van der Waals surface area contributed by atoms with Crippen molar-refractivity contribution in [3.05, 3.63) is 0 Å². The van der Waals surface area contributed by atoms with E-state index in [4.69, 9.17) is 0 Å². The predicted molar refractivity (Wildman–Crippen MR) is 85.3 cm³/mol. The van der Waals surface area contributed by atoms with E-state index in [1.807, 2.05) is 0 Å². The lowest BCUT2D eigenvalue weighted by atomic mass is 9.76. The average molecular weight is 305 g/mol. The minimum Gasteiger partial charge on any atom is -0.313 e. The number of rotatable bonds is 5. The molecule has 0 aromatic heterocycles. The van der Waals surface area contributed by atoms with E-state index in [0.29, 0.717) is 18.0 Å². The van der Waals surface area contributed by atoms with Gasteiger partial charge in [0, 0.05) is 26.7 Å². The largest absolute Gasteiger partial charge is 0.313 e. The maximum absolute atomic E-state index is 11.7. The van der Waals surface area contributed by atoms with Gasteiger partial charge in [-0.3, -0.25) is 0 Å². The lowest BCUT2D eigenvalue weighted by Crippen LogP contribution is -2.36. The molecule has 1 aliphatic carbocycles. The summed E-state index contributed by atoms with van der Waals surface area (Å²) < 4.78 is 24.7. The number of nitrogens with one attached hydrogen (secondary N) is 1. The fraction of sp³-hybridized carbons (Fsp3) is 1.00. The van der Waals surface area contributed by atoms with Crippen LogP contribution in [0, 0.1) is 11.3 Å². The van der Waals surface area contributed by atoms with E-state index >= 15 is 0 Å². The van der Waals surface area contributed by atoms with Gasteiger partial charge in [-0.2, -0.15) is 0 Å². The molecule has 1 saturated carbocycles. The summed E-state index contributed by atoms with van der Waals surface area (Å²) >= 11 is 0. The molecule has 4 nitrogen and oxygen atoms in total. The first-order chi connectivity index (χ1) is 9.13. The Morgan fingerprint density at radius 2 is 1.75 bits per heavy atom. The Labute approximate surface area is 125 Å². The van der Waals surface area contributed by atoms with Gasteiger partial charge in [0.15, 0.2) is 0 Å². The molecule has 0 spiro atoms. The Morgan fingerprint density at radius 3 is 2.30 bits per heavy atom. The zero-order chi connectivity index (χ0) is 15.4. The normalized spacial score (nSPS) is 25.7.